The van der Waals surface area contributed by atoms with Crippen molar-refractivity contribution in [2.24, 2.45) is 0 Å². The monoisotopic (exact) mass is 408 g/mol. The van der Waals surface area contributed by atoms with Crippen LogP contribution in [0.2, 0.25) is 0 Å². The van der Waals surface area contributed by atoms with Gasteiger partial charge in [0, 0.05) is 6.42 Å². The molecule has 0 aromatic heterocycles. The van der Waals surface area contributed by atoms with Crippen molar-refractivity contribution in [1.82, 2.24) is 0 Å². The van der Waals surface area contributed by atoms with Crippen LogP contribution in [0.25, 0.3) is 0 Å². The topological polar surface area (TPSA) is 26.3 Å². The van der Waals surface area contributed by atoms with Gasteiger partial charge < -0.3 is 4.74 Å². The minimum absolute atomic E-state index is 0.0981. The molecular formula is C22H42Cl2O2. The number of halogens is 2. The second-order valence-corrected chi connectivity index (χ2v) is 8.76. The molecule has 0 unspecified atom stereocenters. The Morgan fingerprint density at radius 1 is 0.654 bits per heavy atom. The highest BCUT2D eigenvalue weighted by atomic mass is 35.5. The van der Waals surface area contributed by atoms with Crippen molar-refractivity contribution >= 4 is 29.2 Å². The van der Waals surface area contributed by atoms with E-state index < -0.39 is 4.84 Å². The number of ether oxygens (including phenoxy) is 1. The smallest absolute Gasteiger partial charge is 0.305 e. The first-order chi connectivity index (χ1) is 12.7. The third kappa shape index (κ3) is 22.1. The molecule has 0 aromatic rings. The first-order valence-corrected chi connectivity index (χ1v) is 12.0. The van der Waals surface area contributed by atoms with Crippen LogP contribution in [0.3, 0.4) is 0 Å². The highest BCUT2D eigenvalue weighted by molar-refractivity contribution is 6.44. The Morgan fingerprint density at radius 2 is 1.00 bits per heavy atom. The number of alkyl halides is 2. The molecule has 4 heteroatoms. The average Bonchev–Trinajstić information content (AvgIpc) is 2.62. The van der Waals surface area contributed by atoms with Gasteiger partial charge in [-0.3, -0.25) is 4.79 Å². The maximum Gasteiger partial charge on any atom is 0.305 e. The maximum absolute atomic E-state index is 11.4. The van der Waals surface area contributed by atoms with Gasteiger partial charge in [-0.15, -0.1) is 23.2 Å². The Bertz CT molecular complexity index is 296. The third-order valence-electron chi connectivity index (χ3n) is 4.85. The van der Waals surface area contributed by atoms with Crippen LogP contribution >= 0.6 is 23.2 Å². The van der Waals surface area contributed by atoms with Gasteiger partial charge in [0.2, 0.25) is 0 Å². The van der Waals surface area contributed by atoms with E-state index in [1.54, 1.807) is 0 Å². The molecule has 0 N–H and O–H groups in total. The molecule has 0 aliphatic heterocycles. The normalized spacial score (nSPS) is 11.2. The van der Waals surface area contributed by atoms with Gasteiger partial charge in [0.15, 0.2) is 0 Å². The number of carbonyl (C=O) groups excluding carboxylic acids is 1. The van der Waals surface area contributed by atoms with Gasteiger partial charge in [0.05, 0.1) is 0 Å². The van der Waals surface area contributed by atoms with E-state index in [9.17, 15) is 4.79 Å². The number of esters is 1. The van der Waals surface area contributed by atoms with Gasteiger partial charge >= 0.3 is 5.97 Å². The van der Waals surface area contributed by atoms with Crippen molar-refractivity contribution < 1.29 is 9.53 Å². The van der Waals surface area contributed by atoms with Crippen molar-refractivity contribution in [2.45, 2.75) is 127 Å². The number of rotatable bonds is 20. The molecule has 0 heterocycles. The Labute approximate surface area is 172 Å². The number of hydrogen-bond acceptors (Lipinski definition) is 2. The lowest BCUT2D eigenvalue weighted by Crippen LogP contribution is -2.09. The van der Waals surface area contributed by atoms with Crippen molar-refractivity contribution in [3.05, 3.63) is 0 Å². The van der Waals surface area contributed by atoms with E-state index in [2.05, 4.69) is 6.92 Å². The van der Waals surface area contributed by atoms with E-state index in [-0.39, 0.29) is 12.6 Å². The van der Waals surface area contributed by atoms with E-state index in [4.69, 9.17) is 27.9 Å². The SMILES string of the molecule is CCCCCCCCCCCCCCCCCCCC(=O)OCC(Cl)Cl. The zero-order chi connectivity index (χ0) is 19.3. The molecule has 0 aromatic carbocycles. The molecule has 0 rings (SSSR count). The fraction of sp³-hybridized carbons (Fsp3) is 0.955. The van der Waals surface area contributed by atoms with Crippen LogP contribution in [0.4, 0.5) is 0 Å². The van der Waals surface area contributed by atoms with Gasteiger partial charge in [-0.25, -0.2) is 0 Å². The summed E-state index contributed by atoms with van der Waals surface area (Å²) in [4.78, 5) is 10.8. The lowest BCUT2D eigenvalue weighted by molar-refractivity contribution is -0.143. The van der Waals surface area contributed by atoms with E-state index in [0.717, 1.165) is 12.8 Å². The second-order valence-electron chi connectivity index (χ2n) is 7.48. The molecule has 2 nitrogen and oxygen atoms in total. The minimum Gasteiger partial charge on any atom is -0.463 e. The molecular weight excluding hydrogens is 367 g/mol. The Morgan fingerprint density at radius 3 is 1.35 bits per heavy atom. The van der Waals surface area contributed by atoms with Crippen molar-refractivity contribution in [3.8, 4) is 0 Å². The molecule has 0 saturated heterocycles. The summed E-state index contributed by atoms with van der Waals surface area (Å²) < 4.78 is 4.93. The van der Waals surface area contributed by atoms with Crippen LogP contribution in [0.1, 0.15) is 122 Å². The average molecular weight is 409 g/mol. The lowest BCUT2D eigenvalue weighted by atomic mass is 10.0. The minimum atomic E-state index is -0.616. The molecule has 0 radical (unpaired) electrons. The largest absolute Gasteiger partial charge is 0.463 e. The van der Waals surface area contributed by atoms with Gasteiger partial charge in [-0.2, -0.15) is 0 Å². The number of unbranched alkanes of at least 4 members (excludes halogenated alkanes) is 16. The summed E-state index contributed by atoms with van der Waals surface area (Å²) in [5.41, 5.74) is 0. The van der Waals surface area contributed by atoms with Crippen LogP contribution in [0, 0.1) is 0 Å². The molecule has 0 spiro atoms. The quantitative estimate of drug-likeness (QED) is 0.115. The Balaban J connectivity index is 3.08. The van der Waals surface area contributed by atoms with Crippen molar-refractivity contribution in [2.75, 3.05) is 6.61 Å². The maximum atomic E-state index is 11.4. The standard InChI is InChI=1S/C22H42Cl2O2/c1-2-3-4-5-6-7-8-9-10-11-12-13-14-15-16-17-18-19-22(25)26-20-21(23)24/h21H,2-20H2,1H3. The molecule has 0 amide bonds. The zero-order valence-corrected chi connectivity index (χ0v) is 18.6. The Kier molecular flexibility index (Phi) is 21.4. The highest BCUT2D eigenvalue weighted by Gasteiger charge is 2.05. The molecule has 26 heavy (non-hydrogen) atoms. The third-order valence-corrected chi connectivity index (χ3v) is 5.11. The molecule has 0 aliphatic carbocycles. The van der Waals surface area contributed by atoms with E-state index in [1.165, 1.54) is 96.3 Å². The first-order valence-electron chi connectivity index (χ1n) is 11.1. The summed E-state index contributed by atoms with van der Waals surface area (Å²) in [5.74, 6) is -0.183. The van der Waals surface area contributed by atoms with Crippen LogP contribution in [-0.2, 0) is 9.53 Å². The summed E-state index contributed by atoms with van der Waals surface area (Å²) in [6, 6.07) is 0. The zero-order valence-electron chi connectivity index (χ0n) is 17.1. The van der Waals surface area contributed by atoms with E-state index in [1.807, 2.05) is 0 Å². The number of carbonyl (C=O) groups is 1. The Hall–Kier alpha value is 0.0500. The van der Waals surface area contributed by atoms with Crippen LogP contribution < -0.4 is 0 Å². The van der Waals surface area contributed by atoms with Gasteiger partial charge in [-0.1, -0.05) is 110 Å². The summed E-state index contributed by atoms with van der Waals surface area (Å²) in [5, 5.41) is 0. The molecule has 0 fully saturated rings. The van der Waals surface area contributed by atoms with Crippen molar-refractivity contribution in [3.63, 3.8) is 0 Å². The van der Waals surface area contributed by atoms with Gasteiger partial charge in [0.25, 0.3) is 0 Å². The summed E-state index contributed by atoms with van der Waals surface area (Å²) in [6.07, 6.45) is 23.3. The summed E-state index contributed by atoms with van der Waals surface area (Å²) in [6.45, 7) is 2.38. The molecule has 0 aliphatic rings. The molecule has 0 atom stereocenters. The fourth-order valence-electron chi connectivity index (χ4n) is 3.22. The van der Waals surface area contributed by atoms with E-state index >= 15 is 0 Å². The first kappa shape index (κ1) is 26.1. The fourth-order valence-corrected chi connectivity index (χ4v) is 3.35. The van der Waals surface area contributed by atoms with Crippen LogP contribution in [-0.4, -0.2) is 17.4 Å². The predicted molar refractivity (Wildman–Crippen MR) is 115 cm³/mol. The summed E-state index contributed by atoms with van der Waals surface area (Å²) in [7, 11) is 0. The molecule has 0 bridgehead atoms. The van der Waals surface area contributed by atoms with Gasteiger partial charge in [0.1, 0.15) is 11.4 Å². The van der Waals surface area contributed by atoms with Crippen LogP contribution in [0.5, 0.6) is 0 Å². The number of hydrogen-bond donors (Lipinski definition) is 0. The van der Waals surface area contributed by atoms with Crippen LogP contribution in [0.15, 0.2) is 0 Å². The highest BCUT2D eigenvalue weighted by Crippen LogP contribution is 2.14. The van der Waals surface area contributed by atoms with E-state index in [0.29, 0.717) is 6.42 Å². The lowest BCUT2D eigenvalue weighted by Gasteiger charge is -2.05. The molecule has 0 saturated carbocycles. The van der Waals surface area contributed by atoms with Crippen molar-refractivity contribution in [1.29, 1.82) is 0 Å². The summed E-state index contributed by atoms with van der Waals surface area (Å²) >= 11 is 11.0. The predicted octanol–water partition coefficient (Wildman–Crippen LogP) is 8.38. The second kappa shape index (κ2) is 21.4. The van der Waals surface area contributed by atoms with Gasteiger partial charge in [-0.05, 0) is 6.42 Å². The molecule has 156 valence electrons.